The highest BCUT2D eigenvalue weighted by atomic mass is 19.1. The van der Waals surface area contributed by atoms with Gasteiger partial charge in [-0.15, -0.1) is 0 Å². The lowest BCUT2D eigenvalue weighted by Crippen LogP contribution is -2.27. The zero-order valence-corrected chi connectivity index (χ0v) is 12.0. The lowest BCUT2D eigenvalue weighted by Gasteiger charge is -2.12. The molecule has 1 heterocycles. The average Bonchev–Trinajstić information content (AvgIpc) is 2.85. The van der Waals surface area contributed by atoms with Gasteiger partial charge in [0.25, 0.3) is 0 Å². The summed E-state index contributed by atoms with van der Waals surface area (Å²) in [4.78, 5) is 6.45. The molecule has 0 aliphatic heterocycles. The quantitative estimate of drug-likeness (QED) is 0.782. The molecule has 4 nitrogen and oxygen atoms in total. The van der Waals surface area contributed by atoms with Gasteiger partial charge in [0.05, 0.1) is 13.1 Å². The first kappa shape index (κ1) is 14.7. The summed E-state index contributed by atoms with van der Waals surface area (Å²) in [5.41, 5.74) is 0.681. The number of halogens is 1. The van der Waals surface area contributed by atoms with E-state index in [1.165, 1.54) is 6.07 Å². The fraction of sp³-hybridized carbons (Fsp3) is 0.400. The third kappa shape index (κ3) is 4.15. The molecule has 0 radical (unpaired) electrons. The van der Waals surface area contributed by atoms with Crippen LogP contribution in [0, 0.1) is 5.82 Å². The van der Waals surface area contributed by atoms with Gasteiger partial charge in [-0.1, -0.05) is 18.2 Å². The van der Waals surface area contributed by atoms with Crippen molar-refractivity contribution in [2.45, 2.75) is 13.1 Å². The van der Waals surface area contributed by atoms with Crippen LogP contribution in [0.15, 0.2) is 36.7 Å². The minimum Gasteiger partial charge on any atom is -0.329 e. The third-order valence-electron chi connectivity index (χ3n) is 3.12. The summed E-state index contributed by atoms with van der Waals surface area (Å²) in [5.74, 6) is 0.750. The van der Waals surface area contributed by atoms with Gasteiger partial charge in [0, 0.05) is 31.0 Å². The topological polar surface area (TPSA) is 33.1 Å². The van der Waals surface area contributed by atoms with E-state index in [1.54, 1.807) is 18.3 Å². The molecular formula is C15H21FN4. The van der Waals surface area contributed by atoms with Gasteiger partial charge in [0.2, 0.25) is 0 Å². The van der Waals surface area contributed by atoms with Crippen molar-refractivity contribution in [1.82, 2.24) is 19.8 Å². The molecule has 0 saturated carbocycles. The van der Waals surface area contributed by atoms with Crippen molar-refractivity contribution >= 4 is 0 Å². The fourth-order valence-corrected chi connectivity index (χ4v) is 1.96. The van der Waals surface area contributed by atoms with Gasteiger partial charge in [0.1, 0.15) is 11.6 Å². The number of likely N-dealkylation sites (N-methyl/N-ethyl adjacent to an activating group) is 1. The van der Waals surface area contributed by atoms with E-state index in [0.717, 1.165) is 18.9 Å². The van der Waals surface area contributed by atoms with Crippen molar-refractivity contribution < 1.29 is 4.39 Å². The van der Waals surface area contributed by atoms with Gasteiger partial charge in [-0.3, -0.25) is 0 Å². The number of rotatable bonds is 7. The first-order chi connectivity index (χ1) is 9.66. The number of benzene rings is 1. The standard InChI is InChI=1S/C15H21FN4/c1-19(2)9-7-17-11-15-18-8-10-20(15)12-13-5-3-4-6-14(13)16/h3-6,8,10,17H,7,9,11-12H2,1-2H3. The van der Waals surface area contributed by atoms with E-state index >= 15 is 0 Å². The number of imidazole rings is 1. The SMILES string of the molecule is CN(C)CCNCc1nccn1Cc1ccccc1F. The van der Waals surface area contributed by atoms with Gasteiger partial charge >= 0.3 is 0 Å². The lowest BCUT2D eigenvalue weighted by molar-refractivity contribution is 0.398. The molecule has 0 saturated heterocycles. The van der Waals surface area contributed by atoms with Crippen molar-refractivity contribution in [3.8, 4) is 0 Å². The van der Waals surface area contributed by atoms with Crippen LogP contribution in [0.1, 0.15) is 11.4 Å². The highest BCUT2D eigenvalue weighted by molar-refractivity contribution is 5.18. The second-order valence-corrected chi connectivity index (χ2v) is 5.04. The molecule has 1 aromatic heterocycles. The van der Waals surface area contributed by atoms with Gasteiger partial charge in [0.15, 0.2) is 0 Å². The van der Waals surface area contributed by atoms with Crippen LogP contribution in [0.5, 0.6) is 0 Å². The molecule has 0 aliphatic rings. The molecule has 0 aliphatic carbocycles. The number of hydrogen-bond acceptors (Lipinski definition) is 3. The maximum atomic E-state index is 13.7. The molecule has 2 rings (SSSR count). The Balaban J connectivity index is 1.93. The molecule has 108 valence electrons. The fourth-order valence-electron chi connectivity index (χ4n) is 1.96. The van der Waals surface area contributed by atoms with E-state index in [0.29, 0.717) is 18.7 Å². The molecular weight excluding hydrogens is 255 g/mol. The zero-order chi connectivity index (χ0) is 14.4. The Labute approximate surface area is 119 Å². The van der Waals surface area contributed by atoms with Crippen LogP contribution in [-0.2, 0) is 13.1 Å². The van der Waals surface area contributed by atoms with Crippen molar-refractivity contribution in [1.29, 1.82) is 0 Å². The van der Waals surface area contributed by atoms with E-state index in [4.69, 9.17) is 0 Å². The van der Waals surface area contributed by atoms with Gasteiger partial charge in [-0.25, -0.2) is 9.37 Å². The summed E-state index contributed by atoms with van der Waals surface area (Å²) in [6.45, 7) is 3.08. The summed E-state index contributed by atoms with van der Waals surface area (Å²) >= 11 is 0. The third-order valence-corrected chi connectivity index (χ3v) is 3.12. The Kier molecular flexibility index (Phi) is 5.26. The Morgan fingerprint density at radius 3 is 2.85 bits per heavy atom. The normalized spacial score (nSPS) is 11.2. The number of nitrogens with one attached hydrogen (secondary N) is 1. The van der Waals surface area contributed by atoms with Crippen molar-refractivity contribution in [2.75, 3.05) is 27.2 Å². The lowest BCUT2D eigenvalue weighted by atomic mass is 10.2. The second kappa shape index (κ2) is 7.17. The summed E-state index contributed by atoms with van der Waals surface area (Å²) in [6.07, 6.45) is 3.64. The van der Waals surface area contributed by atoms with E-state index in [2.05, 4.69) is 15.2 Å². The first-order valence-electron chi connectivity index (χ1n) is 6.75. The molecule has 0 unspecified atom stereocenters. The Bertz CT molecular complexity index is 536. The van der Waals surface area contributed by atoms with Crippen LogP contribution in [-0.4, -0.2) is 41.6 Å². The average molecular weight is 276 g/mol. The smallest absolute Gasteiger partial charge is 0.128 e. The van der Waals surface area contributed by atoms with E-state index in [-0.39, 0.29) is 5.82 Å². The van der Waals surface area contributed by atoms with Crippen molar-refractivity contribution in [3.05, 3.63) is 53.9 Å². The first-order valence-corrected chi connectivity index (χ1v) is 6.75. The van der Waals surface area contributed by atoms with Crippen LogP contribution < -0.4 is 5.32 Å². The van der Waals surface area contributed by atoms with E-state index in [9.17, 15) is 4.39 Å². The van der Waals surface area contributed by atoms with Gasteiger partial charge in [-0.2, -0.15) is 0 Å². The molecule has 0 spiro atoms. The minimum atomic E-state index is -0.173. The molecule has 1 aromatic carbocycles. The van der Waals surface area contributed by atoms with E-state index < -0.39 is 0 Å². The second-order valence-electron chi connectivity index (χ2n) is 5.04. The molecule has 5 heteroatoms. The maximum Gasteiger partial charge on any atom is 0.128 e. The number of hydrogen-bond donors (Lipinski definition) is 1. The molecule has 20 heavy (non-hydrogen) atoms. The molecule has 1 N–H and O–H groups in total. The van der Waals surface area contributed by atoms with Crippen LogP contribution in [0.2, 0.25) is 0 Å². The monoisotopic (exact) mass is 276 g/mol. The zero-order valence-electron chi connectivity index (χ0n) is 12.0. The number of aromatic nitrogens is 2. The van der Waals surface area contributed by atoms with E-state index in [1.807, 2.05) is 30.9 Å². The molecule has 0 bridgehead atoms. The Morgan fingerprint density at radius 2 is 2.10 bits per heavy atom. The van der Waals surface area contributed by atoms with Crippen molar-refractivity contribution in [3.63, 3.8) is 0 Å². The van der Waals surface area contributed by atoms with Gasteiger partial charge in [-0.05, 0) is 20.2 Å². The minimum absolute atomic E-state index is 0.173. The summed E-state index contributed by atoms with van der Waals surface area (Å²) in [6, 6.07) is 6.85. The summed E-state index contributed by atoms with van der Waals surface area (Å²) in [7, 11) is 4.08. The highest BCUT2D eigenvalue weighted by Crippen LogP contribution is 2.10. The van der Waals surface area contributed by atoms with Crippen molar-refractivity contribution in [2.24, 2.45) is 0 Å². The van der Waals surface area contributed by atoms with Crippen LogP contribution in [0.4, 0.5) is 4.39 Å². The van der Waals surface area contributed by atoms with Crippen LogP contribution in [0.3, 0.4) is 0 Å². The largest absolute Gasteiger partial charge is 0.329 e. The highest BCUT2D eigenvalue weighted by Gasteiger charge is 2.06. The van der Waals surface area contributed by atoms with Gasteiger partial charge < -0.3 is 14.8 Å². The molecule has 0 amide bonds. The van der Waals surface area contributed by atoms with Crippen LogP contribution >= 0.6 is 0 Å². The van der Waals surface area contributed by atoms with Crippen LogP contribution in [0.25, 0.3) is 0 Å². The predicted octanol–water partition coefficient (Wildman–Crippen LogP) is 1.72. The number of nitrogens with zero attached hydrogens (tertiary/aromatic N) is 3. The summed E-state index contributed by atoms with van der Waals surface area (Å²) in [5, 5.41) is 3.34. The molecule has 2 aromatic rings. The molecule has 0 atom stereocenters. The Hall–Kier alpha value is -1.72. The summed E-state index contributed by atoms with van der Waals surface area (Å²) < 4.78 is 15.6. The Morgan fingerprint density at radius 1 is 1.30 bits per heavy atom. The molecule has 0 fully saturated rings. The maximum absolute atomic E-state index is 13.7. The predicted molar refractivity (Wildman–Crippen MR) is 78.0 cm³/mol.